The summed E-state index contributed by atoms with van der Waals surface area (Å²) in [6, 6.07) is 14.6. The van der Waals surface area contributed by atoms with E-state index in [0.717, 1.165) is 36.5 Å². The normalized spacial score (nSPS) is 19.3. The first kappa shape index (κ1) is 19.7. The number of rotatable bonds is 5. The molecule has 2 aromatic carbocycles. The number of para-hydroxylation sites is 2. The van der Waals surface area contributed by atoms with Crippen molar-refractivity contribution in [3.05, 3.63) is 58.6 Å². The summed E-state index contributed by atoms with van der Waals surface area (Å²) < 4.78 is 0. The molecule has 0 radical (unpaired) electrons. The lowest BCUT2D eigenvalue weighted by molar-refractivity contribution is -0.897. The van der Waals surface area contributed by atoms with Crippen LogP contribution in [0.25, 0.3) is 0 Å². The van der Waals surface area contributed by atoms with E-state index in [2.05, 4.69) is 10.6 Å². The first-order valence-electron chi connectivity index (χ1n) is 8.96. The molecule has 0 saturated carbocycles. The molecular formula is C20H22Cl2N3O2+. The fraction of sp³-hybridized carbons (Fsp3) is 0.300. The Balaban J connectivity index is 1.46. The molecule has 0 atom stereocenters. The smallest absolute Gasteiger partial charge is 0.279 e. The number of likely N-dealkylation sites (tertiary alicyclic amines) is 1. The van der Waals surface area contributed by atoms with Gasteiger partial charge in [0.15, 0.2) is 6.54 Å². The van der Waals surface area contributed by atoms with E-state index < -0.39 is 0 Å². The van der Waals surface area contributed by atoms with Crippen LogP contribution in [-0.4, -0.2) is 31.4 Å². The van der Waals surface area contributed by atoms with Crippen LogP contribution < -0.4 is 15.5 Å². The number of halogens is 2. The summed E-state index contributed by atoms with van der Waals surface area (Å²) in [5.41, 5.74) is 1.26. The van der Waals surface area contributed by atoms with Crippen molar-refractivity contribution in [1.82, 2.24) is 0 Å². The van der Waals surface area contributed by atoms with Crippen molar-refractivity contribution in [2.75, 3.05) is 30.3 Å². The number of carbonyl (C=O) groups is 2. The summed E-state index contributed by atoms with van der Waals surface area (Å²) in [6.07, 6.45) is 1.52. The zero-order valence-electron chi connectivity index (χ0n) is 14.8. The molecule has 142 valence electrons. The van der Waals surface area contributed by atoms with Crippen LogP contribution >= 0.6 is 23.2 Å². The third-order valence-electron chi connectivity index (χ3n) is 4.74. The summed E-state index contributed by atoms with van der Waals surface area (Å²) in [6.45, 7) is 1.88. The lowest BCUT2D eigenvalue weighted by Gasteiger charge is -2.28. The van der Waals surface area contributed by atoms with E-state index in [4.69, 9.17) is 23.2 Å². The van der Waals surface area contributed by atoms with Gasteiger partial charge in [-0.1, -0.05) is 47.5 Å². The van der Waals surface area contributed by atoms with Crippen LogP contribution in [-0.2, 0) is 9.59 Å². The van der Waals surface area contributed by atoms with Crippen LogP contribution in [0.2, 0.25) is 10.0 Å². The van der Waals surface area contributed by atoms with Gasteiger partial charge in [0.2, 0.25) is 5.91 Å². The molecule has 5 nitrogen and oxygen atoms in total. The second-order valence-electron chi connectivity index (χ2n) is 6.70. The van der Waals surface area contributed by atoms with Crippen LogP contribution in [0.1, 0.15) is 12.8 Å². The molecule has 1 aliphatic rings. The van der Waals surface area contributed by atoms with Crippen LogP contribution in [0.3, 0.4) is 0 Å². The van der Waals surface area contributed by atoms with Gasteiger partial charge in [-0.25, -0.2) is 0 Å². The fourth-order valence-electron chi connectivity index (χ4n) is 3.26. The molecule has 1 fully saturated rings. The predicted molar refractivity (Wildman–Crippen MR) is 108 cm³/mol. The second kappa shape index (κ2) is 9.22. The van der Waals surface area contributed by atoms with Crippen molar-refractivity contribution < 1.29 is 14.5 Å². The third-order valence-corrected chi connectivity index (χ3v) is 5.37. The van der Waals surface area contributed by atoms with Crippen molar-refractivity contribution >= 4 is 46.4 Å². The first-order valence-corrected chi connectivity index (χ1v) is 9.72. The minimum Gasteiger partial charge on any atom is -0.327 e. The molecule has 1 heterocycles. The van der Waals surface area contributed by atoms with E-state index in [0.29, 0.717) is 22.3 Å². The van der Waals surface area contributed by atoms with Crippen LogP contribution in [0, 0.1) is 5.92 Å². The van der Waals surface area contributed by atoms with Crippen LogP contribution in [0.5, 0.6) is 0 Å². The number of quaternary nitrogens is 1. The van der Waals surface area contributed by atoms with Gasteiger partial charge in [-0.3, -0.25) is 9.59 Å². The summed E-state index contributed by atoms with van der Waals surface area (Å²) in [7, 11) is 0. The minimum absolute atomic E-state index is 0.0185. The Morgan fingerprint density at radius 3 is 2.19 bits per heavy atom. The molecule has 1 saturated heterocycles. The SMILES string of the molecule is O=C(C[NH+]1CCC(C(=O)Nc2ccccc2)CC1)Nc1c(Cl)cccc1Cl. The van der Waals surface area contributed by atoms with E-state index in [1.165, 1.54) is 0 Å². The zero-order valence-corrected chi connectivity index (χ0v) is 16.3. The highest BCUT2D eigenvalue weighted by atomic mass is 35.5. The van der Waals surface area contributed by atoms with Crippen LogP contribution in [0.15, 0.2) is 48.5 Å². The second-order valence-corrected chi connectivity index (χ2v) is 7.52. The Morgan fingerprint density at radius 1 is 0.926 bits per heavy atom. The molecule has 2 aromatic rings. The summed E-state index contributed by atoms with van der Waals surface area (Å²) in [5, 5.41) is 6.58. The van der Waals surface area contributed by atoms with E-state index in [-0.39, 0.29) is 17.7 Å². The van der Waals surface area contributed by atoms with Gasteiger partial charge < -0.3 is 15.5 Å². The van der Waals surface area contributed by atoms with E-state index >= 15 is 0 Å². The summed E-state index contributed by atoms with van der Waals surface area (Å²) in [4.78, 5) is 25.8. The Morgan fingerprint density at radius 2 is 1.56 bits per heavy atom. The van der Waals surface area contributed by atoms with Crippen molar-refractivity contribution in [3.63, 3.8) is 0 Å². The number of anilines is 2. The van der Waals surface area contributed by atoms with Crippen molar-refractivity contribution in [2.24, 2.45) is 5.92 Å². The number of hydrogen-bond acceptors (Lipinski definition) is 2. The maximum Gasteiger partial charge on any atom is 0.279 e. The van der Waals surface area contributed by atoms with Gasteiger partial charge in [0.05, 0.1) is 28.8 Å². The maximum absolute atomic E-state index is 12.4. The van der Waals surface area contributed by atoms with Crippen LogP contribution in [0.4, 0.5) is 11.4 Å². The van der Waals surface area contributed by atoms with Gasteiger partial charge in [0, 0.05) is 24.4 Å². The number of carbonyl (C=O) groups excluding carboxylic acids is 2. The quantitative estimate of drug-likeness (QED) is 0.714. The standard InChI is InChI=1S/C20H21Cl2N3O2/c21-16-7-4-8-17(22)19(16)24-18(26)13-25-11-9-14(10-12-25)20(27)23-15-5-2-1-3-6-15/h1-8,14H,9-13H2,(H,23,27)(H,24,26)/p+1. The molecule has 2 amide bonds. The molecule has 27 heavy (non-hydrogen) atoms. The van der Waals surface area contributed by atoms with Gasteiger partial charge in [-0.05, 0) is 24.3 Å². The van der Waals surface area contributed by atoms with Gasteiger partial charge in [0.25, 0.3) is 5.91 Å². The number of amides is 2. The molecule has 3 rings (SSSR count). The highest BCUT2D eigenvalue weighted by Crippen LogP contribution is 2.29. The molecule has 0 unspecified atom stereocenters. The van der Waals surface area contributed by atoms with Crippen molar-refractivity contribution in [2.45, 2.75) is 12.8 Å². The largest absolute Gasteiger partial charge is 0.327 e. The topological polar surface area (TPSA) is 62.6 Å². The maximum atomic E-state index is 12.4. The van der Waals surface area contributed by atoms with Gasteiger partial charge >= 0.3 is 0 Å². The van der Waals surface area contributed by atoms with E-state index in [1.54, 1.807) is 18.2 Å². The number of benzene rings is 2. The monoisotopic (exact) mass is 406 g/mol. The average Bonchev–Trinajstić information content (AvgIpc) is 2.66. The Labute approximate surface area is 168 Å². The molecule has 0 spiro atoms. The lowest BCUT2D eigenvalue weighted by Crippen LogP contribution is -3.14. The fourth-order valence-corrected chi connectivity index (χ4v) is 3.75. The Kier molecular flexibility index (Phi) is 6.72. The summed E-state index contributed by atoms with van der Waals surface area (Å²) >= 11 is 12.2. The molecule has 0 bridgehead atoms. The lowest BCUT2D eigenvalue weighted by atomic mass is 9.96. The van der Waals surface area contributed by atoms with Crippen molar-refractivity contribution in [1.29, 1.82) is 0 Å². The molecule has 0 aliphatic carbocycles. The third kappa shape index (κ3) is 5.45. The molecule has 0 aromatic heterocycles. The molecule has 7 heteroatoms. The van der Waals surface area contributed by atoms with E-state index in [1.807, 2.05) is 30.3 Å². The van der Waals surface area contributed by atoms with Gasteiger partial charge in [0.1, 0.15) is 0 Å². The summed E-state index contributed by atoms with van der Waals surface area (Å²) in [5.74, 6) is -0.102. The van der Waals surface area contributed by atoms with E-state index in [9.17, 15) is 9.59 Å². The Bertz CT molecular complexity index is 786. The average molecular weight is 407 g/mol. The predicted octanol–water partition coefficient (Wildman–Crippen LogP) is 2.87. The zero-order chi connectivity index (χ0) is 19.2. The molecule has 3 N–H and O–H groups in total. The number of hydrogen-bond donors (Lipinski definition) is 3. The first-order chi connectivity index (χ1) is 13.0. The number of piperidine rings is 1. The molecule has 1 aliphatic heterocycles. The van der Waals surface area contributed by atoms with Gasteiger partial charge in [-0.15, -0.1) is 0 Å². The highest BCUT2D eigenvalue weighted by Gasteiger charge is 2.28. The van der Waals surface area contributed by atoms with Gasteiger partial charge in [-0.2, -0.15) is 0 Å². The minimum atomic E-state index is -0.132. The molecular weight excluding hydrogens is 385 g/mol. The van der Waals surface area contributed by atoms with Crippen molar-refractivity contribution in [3.8, 4) is 0 Å². The number of nitrogens with one attached hydrogen (secondary N) is 3. The Hall–Kier alpha value is -2.08. The highest BCUT2D eigenvalue weighted by molar-refractivity contribution is 6.39.